The van der Waals surface area contributed by atoms with Crippen LogP contribution in [0, 0.1) is 5.92 Å². The minimum atomic E-state index is -0.143. The van der Waals surface area contributed by atoms with Crippen molar-refractivity contribution in [3.63, 3.8) is 0 Å². The number of carbonyl (C=O) groups is 2. The monoisotopic (exact) mass is 317 g/mol. The molecule has 0 unspecified atom stereocenters. The number of hydrogen-bond donors (Lipinski definition) is 2. The summed E-state index contributed by atoms with van der Waals surface area (Å²) in [5.74, 6) is -0.157. The number of carbonyl (C=O) groups excluding carboxylic acids is 2. The number of likely N-dealkylation sites (tertiary alicyclic amines) is 1. The molecule has 126 valence electrons. The molecule has 0 aliphatic carbocycles. The molecule has 2 N–H and O–H groups in total. The average molecular weight is 317 g/mol. The molecule has 0 bridgehead atoms. The second kappa shape index (κ2) is 8.11. The smallest absolute Gasteiger partial charge is 0.253 e. The van der Waals surface area contributed by atoms with Gasteiger partial charge in [-0.1, -0.05) is 19.1 Å². The number of nitrogens with one attached hydrogen (secondary N) is 2. The third kappa shape index (κ3) is 4.79. The fourth-order valence-corrected chi connectivity index (χ4v) is 2.81. The SMILES string of the molecule is CC[C@H](C)NC(=O)c1ccccc1NC(=O)[C@@H]1CCCN(C)C1. The molecule has 5 heteroatoms. The summed E-state index contributed by atoms with van der Waals surface area (Å²) in [7, 11) is 2.03. The maximum atomic E-state index is 12.5. The Bertz CT molecular complexity index is 559. The molecule has 1 aliphatic heterocycles. The molecule has 1 aromatic rings. The Morgan fingerprint density at radius 3 is 2.78 bits per heavy atom. The van der Waals surface area contributed by atoms with Crippen LogP contribution in [-0.4, -0.2) is 42.9 Å². The molecule has 2 rings (SSSR count). The van der Waals surface area contributed by atoms with Crippen LogP contribution in [0.2, 0.25) is 0 Å². The molecule has 2 amide bonds. The number of hydrogen-bond acceptors (Lipinski definition) is 3. The van der Waals surface area contributed by atoms with E-state index in [1.54, 1.807) is 12.1 Å². The highest BCUT2D eigenvalue weighted by molar-refractivity contribution is 6.04. The van der Waals surface area contributed by atoms with Crippen molar-refractivity contribution in [1.29, 1.82) is 0 Å². The Kier molecular flexibility index (Phi) is 6.16. The Balaban J connectivity index is 2.07. The van der Waals surface area contributed by atoms with Gasteiger partial charge in [-0.3, -0.25) is 9.59 Å². The molecule has 1 heterocycles. The van der Waals surface area contributed by atoms with Crippen molar-refractivity contribution in [2.75, 3.05) is 25.5 Å². The number of para-hydroxylation sites is 1. The van der Waals surface area contributed by atoms with Gasteiger partial charge >= 0.3 is 0 Å². The second-order valence-corrected chi connectivity index (χ2v) is 6.42. The van der Waals surface area contributed by atoms with Gasteiger partial charge in [0.05, 0.1) is 17.2 Å². The fraction of sp³-hybridized carbons (Fsp3) is 0.556. The Morgan fingerprint density at radius 2 is 2.09 bits per heavy atom. The topological polar surface area (TPSA) is 61.4 Å². The van der Waals surface area contributed by atoms with Crippen LogP contribution >= 0.6 is 0 Å². The zero-order chi connectivity index (χ0) is 16.8. The first-order chi connectivity index (χ1) is 11.0. The van der Waals surface area contributed by atoms with Gasteiger partial charge < -0.3 is 15.5 Å². The first-order valence-corrected chi connectivity index (χ1v) is 8.40. The molecule has 0 saturated carbocycles. The van der Waals surface area contributed by atoms with Crippen LogP contribution < -0.4 is 10.6 Å². The summed E-state index contributed by atoms with van der Waals surface area (Å²) in [6.45, 7) is 5.81. The lowest BCUT2D eigenvalue weighted by Crippen LogP contribution is -2.39. The summed E-state index contributed by atoms with van der Waals surface area (Å²) in [6, 6.07) is 7.30. The third-order valence-corrected chi connectivity index (χ3v) is 4.41. The van der Waals surface area contributed by atoms with Crippen molar-refractivity contribution in [3.05, 3.63) is 29.8 Å². The maximum absolute atomic E-state index is 12.5. The van der Waals surface area contributed by atoms with Crippen molar-refractivity contribution in [2.24, 2.45) is 5.92 Å². The van der Waals surface area contributed by atoms with Gasteiger partial charge in [0, 0.05) is 12.6 Å². The van der Waals surface area contributed by atoms with E-state index in [4.69, 9.17) is 0 Å². The normalized spacial score (nSPS) is 19.9. The van der Waals surface area contributed by atoms with Gasteiger partial charge in [-0.15, -0.1) is 0 Å². The van der Waals surface area contributed by atoms with E-state index in [0.29, 0.717) is 11.3 Å². The van der Waals surface area contributed by atoms with Gasteiger partial charge in [-0.2, -0.15) is 0 Å². The highest BCUT2D eigenvalue weighted by atomic mass is 16.2. The van der Waals surface area contributed by atoms with Crippen molar-refractivity contribution >= 4 is 17.5 Å². The van der Waals surface area contributed by atoms with Crippen LogP contribution in [0.4, 0.5) is 5.69 Å². The lowest BCUT2D eigenvalue weighted by Gasteiger charge is -2.29. The lowest BCUT2D eigenvalue weighted by atomic mass is 9.97. The number of amides is 2. The summed E-state index contributed by atoms with van der Waals surface area (Å²) < 4.78 is 0. The molecule has 1 aromatic carbocycles. The van der Waals surface area contributed by atoms with Crippen molar-refractivity contribution in [2.45, 2.75) is 39.2 Å². The van der Waals surface area contributed by atoms with E-state index in [9.17, 15) is 9.59 Å². The van der Waals surface area contributed by atoms with Crippen LogP contribution in [0.15, 0.2) is 24.3 Å². The van der Waals surface area contributed by atoms with Gasteiger partial charge in [-0.05, 0) is 51.9 Å². The van der Waals surface area contributed by atoms with Crippen LogP contribution in [0.5, 0.6) is 0 Å². The first-order valence-electron chi connectivity index (χ1n) is 8.40. The quantitative estimate of drug-likeness (QED) is 0.877. The number of piperidine rings is 1. The summed E-state index contributed by atoms with van der Waals surface area (Å²) in [6.07, 6.45) is 2.80. The number of anilines is 1. The predicted molar refractivity (Wildman–Crippen MR) is 92.5 cm³/mol. The van der Waals surface area contributed by atoms with Gasteiger partial charge in [-0.25, -0.2) is 0 Å². The Hall–Kier alpha value is -1.88. The molecule has 2 atom stereocenters. The van der Waals surface area contributed by atoms with E-state index in [0.717, 1.165) is 32.4 Å². The predicted octanol–water partition coefficient (Wildman–Crippen LogP) is 2.50. The van der Waals surface area contributed by atoms with Crippen LogP contribution in [0.25, 0.3) is 0 Å². The molecule has 0 aromatic heterocycles. The molecular formula is C18H27N3O2. The fourth-order valence-electron chi connectivity index (χ4n) is 2.81. The molecular weight excluding hydrogens is 290 g/mol. The minimum absolute atomic E-state index is 0.000315. The van der Waals surface area contributed by atoms with E-state index in [1.807, 2.05) is 33.0 Å². The third-order valence-electron chi connectivity index (χ3n) is 4.41. The number of benzene rings is 1. The summed E-state index contributed by atoms with van der Waals surface area (Å²) in [5, 5.41) is 5.89. The highest BCUT2D eigenvalue weighted by Gasteiger charge is 2.25. The molecule has 1 fully saturated rings. The van der Waals surface area contributed by atoms with Crippen LogP contribution in [0.1, 0.15) is 43.5 Å². The van der Waals surface area contributed by atoms with Gasteiger partial charge in [0.15, 0.2) is 0 Å². The lowest BCUT2D eigenvalue weighted by molar-refractivity contribution is -0.121. The minimum Gasteiger partial charge on any atom is -0.350 e. The molecule has 1 saturated heterocycles. The standard InChI is InChI=1S/C18H27N3O2/c1-4-13(2)19-18(23)15-9-5-6-10-16(15)20-17(22)14-8-7-11-21(3)12-14/h5-6,9-10,13-14H,4,7-8,11-12H2,1-3H3,(H,19,23)(H,20,22)/t13-,14+/m0/s1. The number of rotatable bonds is 5. The van der Waals surface area contributed by atoms with Gasteiger partial charge in [0.25, 0.3) is 5.91 Å². The van der Waals surface area contributed by atoms with E-state index >= 15 is 0 Å². The molecule has 5 nitrogen and oxygen atoms in total. The van der Waals surface area contributed by atoms with Crippen molar-refractivity contribution < 1.29 is 9.59 Å². The molecule has 23 heavy (non-hydrogen) atoms. The Labute approximate surface area is 138 Å². The van der Waals surface area contributed by atoms with Crippen LogP contribution in [-0.2, 0) is 4.79 Å². The zero-order valence-electron chi connectivity index (χ0n) is 14.3. The van der Waals surface area contributed by atoms with Gasteiger partial charge in [0.2, 0.25) is 5.91 Å². The number of nitrogens with zero attached hydrogens (tertiary/aromatic N) is 1. The van der Waals surface area contributed by atoms with Crippen LogP contribution in [0.3, 0.4) is 0 Å². The summed E-state index contributed by atoms with van der Waals surface area (Å²) in [5.41, 5.74) is 1.11. The Morgan fingerprint density at radius 1 is 1.35 bits per heavy atom. The molecule has 0 radical (unpaired) electrons. The second-order valence-electron chi connectivity index (χ2n) is 6.42. The van der Waals surface area contributed by atoms with Gasteiger partial charge in [0.1, 0.15) is 0 Å². The summed E-state index contributed by atoms with van der Waals surface area (Å²) >= 11 is 0. The maximum Gasteiger partial charge on any atom is 0.253 e. The van der Waals surface area contributed by atoms with E-state index < -0.39 is 0 Å². The van der Waals surface area contributed by atoms with E-state index in [-0.39, 0.29) is 23.8 Å². The zero-order valence-corrected chi connectivity index (χ0v) is 14.3. The highest BCUT2D eigenvalue weighted by Crippen LogP contribution is 2.20. The van der Waals surface area contributed by atoms with E-state index in [2.05, 4.69) is 15.5 Å². The van der Waals surface area contributed by atoms with E-state index in [1.165, 1.54) is 0 Å². The molecule has 0 spiro atoms. The van der Waals surface area contributed by atoms with Crippen molar-refractivity contribution in [3.8, 4) is 0 Å². The first kappa shape index (κ1) is 17.5. The average Bonchev–Trinajstić information content (AvgIpc) is 2.55. The molecule has 1 aliphatic rings. The largest absolute Gasteiger partial charge is 0.350 e. The summed E-state index contributed by atoms with van der Waals surface area (Å²) in [4.78, 5) is 27.0. The van der Waals surface area contributed by atoms with Crippen molar-refractivity contribution in [1.82, 2.24) is 10.2 Å².